The highest BCUT2D eigenvalue weighted by atomic mass is 31.1. The maximum absolute atomic E-state index is 4.62. The van der Waals surface area contributed by atoms with E-state index in [4.69, 9.17) is 0 Å². The minimum atomic E-state index is 0.508. The summed E-state index contributed by atoms with van der Waals surface area (Å²) in [6.07, 6.45) is 9.31. The molecule has 1 aliphatic rings. The van der Waals surface area contributed by atoms with E-state index in [1.54, 1.807) is 0 Å². The Morgan fingerprint density at radius 2 is 2.22 bits per heavy atom. The molecule has 0 N–H and O–H groups in total. The Balaban J connectivity index is 2.25. The minimum Gasteiger partial charge on any atom is -0.259 e. The Bertz CT molecular complexity index is 515. The van der Waals surface area contributed by atoms with E-state index in [1.165, 1.54) is 5.31 Å². The van der Waals surface area contributed by atoms with E-state index in [9.17, 15) is 0 Å². The van der Waals surface area contributed by atoms with Gasteiger partial charge in [0.05, 0.1) is 11.4 Å². The highest BCUT2D eigenvalue weighted by Crippen LogP contribution is 2.43. The molecule has 0 spiro atoms. The third-order valence-corrected chi connectivity index (χ3v) is 3.78. The molecule has 94 valence electrons. The van der Waals surface area contributed by atoms with Gasteiger partial charge in [-0.05, 0) is 30.6 Å². The quantitative estimate of drug-likeness (QED) is 0.555. The topological polar surface area (TPSA) is 25.2 Å². The van der Waals surface area contributed by atoms with E-state index < -0.39 is 0 Å². The average molecular weight is 258 g/mol. The van der Waals surface area contributed by atoms with E-state index in [1.807, 2.05) is 25.4 Å². The zero-order valence-electron chi connectivity index (χ0n) is 11.1. The van der Waals surface area contributed by atoms with Crippen LogP contribution in [0.5, 0.6) is 0 Å². The fourth-order valence-electron chi connectivity index (χ4n) is 1.51. The SMILES string of the molecule is CCC(C)C=Nc1c(/C=C/C2=CP2)ccnc1C. The number of rotatable bonds is 5. The second kappa shape index (κ2) is 6.06. The van der Waals surface area contributed by atoms with Gasteiger partial charge < -0.3 is 0 Å². The number of pyridine rings is 1. The van der Waals surface area contributed by atoms with Crippen LogP contribution in [0.2, 0.25) is 0 Å². The second-order valence-corrected chi connectivity index (χ2v) is 5.73. The Morgan fingerprint density at radius 3 is 2.89 bits per heavy atom. The van der Waals surface area contributed by atoms with Gasteiger partial charge in [-0.3, -0.25) is 9.98 Å². The Hall–Kier alpha value is -1.27. The van der Waals surface area contributed by atoms with Crippen LogP contribution in [-0.4, -0.2) is 11.2 Å². The van der Waals surface area contributed by atoms with Crippen LogP contribution >= 0.6 is 8.58 Å². The molecule has 0 radical (unpaired) electrons. The molecule has 0 aromatic carbocycles. The van der Waals surface area contributed by atoms with Crippen LogP contribution in [0.25, 0.3) is 6.08 Å². The van der Waals surface area contributed by atoms with Crippen LogP contribution < -0.4 is 0 Å². The second-order valence-electron chi connectivity index (χ2n) is 4.58. The number of hydrogen-bond acceptors (Lipinski definition) is 2. The Labute approximate surface area is 111 Å². The molecule has 2 heterocycles. The molecule has 0 bridgehead atoms. The lowest BCUT2D eigenvalue weighted by Crippen LogP contribution is -1.93. The lowest BCUT2D eigenvalue weighted by atomic mass is 10.1. The van der Waals surface area contributed by atoms with Crippen molar-refractivity contribution in [2.75, 3.05) is 0 Å². The van der Waals surface area contributed by atoms with Crippen molar-refractivity contribution in [2.24, 2.45) is 10.9 Å². The van der Waals surface area contributed by atoms with Gasteiger partial charge in [-0.25, -0.2) is 0 Å². The molecule has 0 fully saturated rings. The summed E-state index contributed by atoms with van der Waals surface area (Å²) in [6, 6.07) is 2.03. The number of aryl methyl sites for hydroxylation is 1. The van der Waals surface area contributed by atoms with Gasteiger partial charge in [-0.2, -0.15) is 0 Å². The number of allylic oxidation sites excluding steroid dienone is 2. The fourth-order valence-corrected chi connectivity index (χ4v) is 1.86. The largest absolute Gasteiger partial charge is 0.259 e. The molecule has 0 amide bonds. The summed E-state index contributed by atoms with van der Waals surface area (Å²) in [4.78, 5) is 8.94. The summed E-state index contributed by atoms with van der Waals surface area (Å²) in [7, 11) is 0.918. The maximum Gasteiger partial charge on any atom is 0.0910 e. The molecule has 0 aliphatic carbocycles. The predicted octanol–water partition coefficient (Wildman–Crippen LogP) is 4.69. The molecule has 2 unspecified atom stereocenters. The summed E-state index contributed by atoms with van der Waals surface area (Å²) >= 11 is 0. The van der Waals surface area contributed by atoms with Crippen LogP contribution in [0.15, 0.2) is 34.5 Å². The van der Waals surface area contributed by atoms with Crippen molar-refractivity contribution in [3.8, 4) is 0 Å². The smallest absolute Gasteiger partial charge is 0.0910 e. The van der Waals surface area contributed by atoms with Crippen LogP contribution in [0.4, 0.5) is 5.69 Å². The molecule has 2 rings (SSSR count). The van der Waals surface area contributed by atoms with Gasteiger partial charge in [0.15, 0.2) is 0 Å². The number of hydrogen-bond donors (Lipinski definition) is 0. The molecular formula is C15H19N2P. The number of aliphatic imine (C=N–C) groups is 1. The maximum atomic E-state index is 4.62. The highest BCUT2D eigenvalue weighted by molar-refractivity contribution is 7.55. The van der Waals surface area contributed by atoms with Crippen molar-refractivity contribution >= 4 is 26.6 Å². The van der Waals surface area contributed by atoms with Crippen molar-refractivity contribution in [2.45, 2.75) is 27.2 Å². The van der Waals surface area contributed by atoms with Gasteiger partial charge in [0.1, 0.15) is 0 Å². The van der Waals surface area contributed by atoms with Gasteiger partial charge in [-0.1, -0.05) is 40.4 Å². The third-order valence-electron chi connectivity index (χ3n) is 2.99. The normalized spacial score (nSPS) is 17.6. The van der Waals surface area contributed by atoms with Gasteiger partial charge >= 0.3 is 0 Å². The molecular weight excluding hydrogens is 239 g/mol. The molecule has 1 aliphatic heterocycles. The number of aromatic nitrogens is 1. The summed E-state index contributed by atoms with van der Waals surface area (Å²) in [5.41, 5.74) is 3.14. The number of nitrogens with zero attached hydrogens (tertiary/aromatic N) is 2. The first-order valence-corrected chi connectivity index (χ1v) is 7.43. The van der Waals surface area contributed by atoms with Crippen molar-refractivity contribution in [1.82, 2.24) is 4.98 Å². The lowest BCUT2D eigenvalue weighted by Gasteiger charge is -2.05. The summed E-state index contributed by atoms with van der Waals surface area (Å²) < 4.78 is 0. The van der Waals surface area contributed by atoms with E-state index >= 15 is 0 Å². The molecule has 2 nitrogen and oxygen atoms in total. The minimum absolute atomic E-state index is 0.508. The van der Waals surface area contributed by atoms with E-state index in [-0.39, 0.29) is 0 Å². The van der Waals surface area contributed by atoms with Gasteiger partial charge in [0.2, 0.25) is 0 Å². The van der Waals surface area contributed by atoms with Gasteiger partial charge in [0.25, 0.3) is 0 Å². The highest BCUT2D eigenvalue weighted by Gasteiger charge is 2.05. The molecule has 3 heteroatoms. The Morgan fingerprint density at radius 1 is 1.44 bits per heavy atom. The fraction of sp³-hybridized carbons (Fsp3) is 0.333. The summed E-state index contributed by atoms with van der Waals surface area (Å²) in [6.45, 7) is 6.37. The first-order chi connectivity index (χ1) is 8.70. The monoisotopic (exact) mass is 258 g/mol. The molecule has 18 heavy (non-hydrogen) atoms. The first kappa shape index (κ1) is 13.2. The van der Waals surface area contributed by atoms with E-state index in [0.29, 0.717) is 5.92 Å². The summed E-state index contributed by atoms with van der Waals surface area (Å²) in [5, 5.41) is 1.43. The van der Waals surface area contributed by atoms with Gasteiger partial charge in [-0.15, -0.1) is 0 Å². The molecule has 2 atom stereocenters. The lowest BCUT2D eigenvalue weighted by molar-refractivity contribution is 0.754. The van der Waals surface area contributed by atoms with Crippen molar-refractivity contribution in [1.29, 1.82) is 0 Å². The first-order valence-electron chi connectivity index (χ1n) is 6.35. The molecule has 1 aromatic heterocycles. The zero-order chi connectivity index (χ0) is 13.0. The van der Waals surface area contributed by atoms with Crippen molar-refractivity contribution < 1.29 is 0 Å². The average Bonchev–Trinajstić information content (AvgIpc) is 3.18. The standard InChI is InChI=1S/C15H19N2P/c1-4-11(2)9-17-15-12(3)16-8-7-13(15)5-6-14-10-18-14/h5-11,18H,4H2,1-3H3/b6-5+,17-9?. The van der Waals surface area contributed by atoms with Crippen molar-refractivity contribution in [3.63, 3.8) is 0 Å². The van der Waals surface area contributed by atoms with E-state index in [2.05, 4.69) is 41.8 Å². The van der Waals surface area contributed by atoms with Crippen LogP contribution in [0, 0.1) is 12.8 Å². The van der Waals surface area contributed by atoms with Crippen LogP contribution in [-0.2, 0) is 0 Å². The molecule has 1 aromatic rings. The molecule has 0 saturated heterocycles. The van der Waals surface area contributed by atoms with Gasteiger partial charge in [0, 0.05) is 18.0 Å². The predicted molar refractivity (Wildman–Crippen MR) is 82.0 cm³/mol. The van der Waals surface area contributed by atoms with Crippen molar-refractivity contribution in [3.05, 3.63) is 40.7 Å². The van der Waals surface area contributed by atoms with Crippen LogP contribution in [0.3, 0.4) is 0 Å². The Kier molecular flexibility index (Phi) is 4.43. The van der Waals surface area contributed by atoms with E-state index in [0.717, 1.165) is 31.9 Å². The van der Waals surface area contributed by atoms with Crippen LogP contribution in [0.1, 0.15) is 31.5 Å². The molecule has 0 saturated carbocycles. The summed E-state index contributed by atoms with van der Waals surface area (Å²) in [5.74, 6) is 2.75. The third kappa shape index (κ3) is 3.61. The zero-order valence-corrected chi connectivity index (χ0v) is 12.1.